The molecule has 0 bridgehead atoms. The summed E-state index contributed by atoms with van der Waals surface area (Å²) < 4.78 is 5.50. The molecular formula is C12H15ClN2O2S. The van der Waals surface area contributed by atoms with E-state index in [0.29, 0.717) is 16.3 Å². The normalized spacial score (nSPS) is 11.8. The first-order valence-corrected chi connectivity index (χ1v) is 6.08. The quantitative estimate of drug-likeness (QED) is 0.858. The van der Waals surface area contributed by atoms with Crippen molar-refractivity contribution >= 4 is 34.7 Å². The summed E-state index contributed by atoms with van der Waals surface area (Å²) in [6.45, 7) is 1.67. The van der Waals surface area contributed by atoms with Gasteiger partial charge < -0.3 is 15.4 Å². The molecule has 0 fully saturated rings. The third-order valence-electron chi connectivity index (χ3n) is 2.31. The van der Waals surface area contributed by atoms with Gasteiger partial charge in [-0.15, -0.1) is 0 Å². The first kappa shape index (κ1) is 14.7. The minimum absolute atomic E-state index is 0.135. The van der Waals surface area contributed by atoms with Gasteiger partial charge in [-0.05, 0) is 25.1 Å². The molecule has 1 atom stereocenters. The average Bonchev–Trinajstić information content (AvgIpc) is 2.30. The number of hydrogen-bond donors (Lipinski definition) is 1. The van der Waals surface area contributed by atoms with Crippen molar-refractivity contribution < 1.29 is 9.53 Å². The van der Waals surface area contributed by atoms with E-state index in [1.54, 1.807) is 39.2 Å². The Balaban J connectivity index is 2.86. The molecule has 0 aliphatic heterocycles. The van der Waals surface area contributed by atoms with Crippen molar-refractivity contribution in [3.63, 3.8) is 0 Å². The Morgan fingerprint density at radius 3 is 2.56 bits per heavy atom. The van der Waals surface area contributed by atoms with Crippen molar-refractivity contribution in [2.75, 3.05) is 14.1 Å². The highest BCUT2D eigenvalue weighted by atomic mass is 35.5. The number of likely N-dealkylation sites (N-methyl/N-ethyl adjacent to an activating group) is 1. The third-order valence-corrected chi connectivity index (χ3v) is 2.84. The van der Waals surface area contributed by atoms with E-state index in [0.717, 1.165) is 0 Å². The summed E-state index contributed by atoms with van der Waals surface area (Å²) in [5.74, 6) is 0.295. The average molecular weight is 287 g/mol. The number of hydrogen-bond acceptors (Lipinski definition) is 3. The maximum Gasteiger partial charge on any atom is 0.262 e. The molecule has 4 nitrogen and oxygen atoms in total. The molecule has 1 unspecified atom stereocenters. The van der Waals surface area contributed by atoms with Crippen LogP contribution in [-0.2, 0) is 4.79 Å². The largest absolute Gasteiger partial charge is 0.479 e. The lowest BCUT2D eigenvalue weighted by Gasteiger charge is -2.19. The van der Waals surface area contributed by atoms with Crippen molar-refractivity contribution in [2.45, 2.75) is 13.0 Å². The number of amides is 1. The fourth-order valence-corrected chi connectivity index (χ4v) is 1.71. The minimum Gasteiger partial charge on any atom is -0.479 e. The van der Waals surface area contributed by atoms with Crippen LogP contribution in [0.5, 0.6) is 5.75 Å². The smallest absolute Gasteiger partial charge is 0.262 e. The van der Waals surface area contributed by atoms with Gasteiger partial charge in [0.2, 0.25) is 0 Å². The van der Waals surface area contributed by atoms with Crippen LogP contribution in [0.1, 0.15) is 12.5 Å². The van der Waals surface area contributed by atoms with Crippen LogP contribution in [0, 0.1) is 0 Å². The number of benzene rings is 1. The summed E-state index contributed by atoms with van der Waals surface area (Å²) in [5, 5.41) is 0.374. The fraction of sp³-hybridized carbons (Fsp3) is 0.333. The Labute approximate surface area is 117 Å². The first-order valence-electron chi connectivity index (χ1n) is 5.30. The van der Waals surface area contributed by atoms with E-state index in [9.17, 15) is 4.79 Å². The number of nitrogens with zero attached hydrogens (tertiary/aromatic N) is 1. The van der Waals surface area contributed by atoms with Crippen molar-refractivity contribution in [3.05, 3.63) is 28.8 Å². The first-order chi connectivity index (χ1) is 8.32. The maximum absolute atomic E-state index is 11.7. The van der Waals surface area contributed by atoms with Gasteiger partial charge in [-0.25, -0.2) is 0 Å². The van der Waals surface area contributed by atoms with E-state index in [1.165, 1.54) is 4.90 Å². The molecule has 0 aromatic heterocycles. The zero-order chi connectivity index (χ0) is 13.9. The van der Waals surface area contributed by atoms with Crippen molar-refractivity contribution in [3.8, 4) is 5.75 Å². The molecule has 6 heteroatoms. The zero-order valence-electron chi connectivity index (χ0n) is 10.4. The van der Waals surface area contributed by atoms with Crippen LogP contribution in [0.2, 0.25) is 5.02 Å². The van der Waals surface area contributed by atoms with Crippen LogP contribution in [0.3, 0.4) is 0 Å². The summed E-state index contributed by atoms with van der Waals surface area (Å²) in [6.07, 6.45) is -0.604. The SMILES string of the molecule is CC(Oc1ccc(C(N)=S)cc1Cl)C(=O)N(C)C. The second-order valence-corrected chi connectivity index (χ2v) is 4.85. The number of ether oxygens (including phenoxy) is 1. The number of carbonyl (C=O) groups is 1. The van der Waals surface area contributed by atoms with E-state index >= 15 is 0 Å². The standard InChI is InChI=1S/C12H15ClN2O2S/c1-7(12(16)15(2)3)17-10-5-4-8(11(14)18)6-9(10)13/h4-7H,1-3H3,(H2,14,18). The van der Waals surface area contributed by atoms with Gasteiger partial charge in [-0.2, -0.15) is 0 Å². The van der Waals surface area contributed by atoms with Gasteiger partial charge in [-0.1, -0.05) is 23.8 Å². The lowest BCUT2D eigenvalue weighted by Crippen LogP contribution is -2.35. The molecule has 0 spiro atoms. The summed E-state index contributed by atoms with van der Waals surface area (Å²) in [7, 11) is 3.33. The van der Waals surface area contributed by atoms with Gasteiger partial charge in [0, 0.05) is 19.7 Å². The summed E-state index contributed by atoms with van der Waals surface area (Å²) >= 11 is 10.9. The van der Waals surface area contributed by atoms with E-state index in [4.69, 9.17) is 34.3 Å². The molecule has 0 aliphatic carbocycles. The number of rotatable bonds is 4. The van der Waals surface area contributed by atoms with Crippen LogP contribution in [0.4, 0.5) is 0 Å². The molecule has 18 heavy (non-hydrogen) atoms. The van der Waals surface area contributed by atoms with E-state index in [-0.39, 0.29) is 10.9 Å². The highest BCUT2D eigenvalue weighted by Gasteiger charge is 2.17. The van der Waals surface area contributed by atoms with Crippen molar-refractivity contribution in [2.24, 2.45) is 5.73 Å². The summed E-state index contributed by atoms with van der Waals surface area (Å²) in [6, 6.07) is 4.97. The summed E-state index contributed by atoms with van der Waals surface area (Å²) in [5.41, 5.74) is 6.15. The van der Waals surface area contributed by atoms with Crippen LogP contribution in [-0.4, -0.2) is 36.0 Å². The highest BCUT2D eigenvalue weighted by molar-refractivity contribution is 7.80. The predicted octanol–water partition coefficient (Wildman–Crippen LogP) is 1.83. The van der Waals surface area contributed by atoms with Gasteiger partial charge in [0.05, 0.1) is 5.02 Å². The van der Waals surface area contributed by atoms with Crippen LogP contribution < -0.4 is 10.5 Å². The van der Waals surface area contributed by atoms with Gasteiger partial charge in [-0.3, -0.25) is 4.79 Å². The molecular weight excluding hydrogens is 272 g/mol. The number of nitrogens with two attached hydrogens (primary N) is 1. The molecule has 0 saturated carbocycles. The lowest BCUT2D eigenvalue weighted by atomic mass is 10.2. The van der Waals surface area contributed by atoms with E-state index < -0.39 is 6.10 Å². The van der Waals surface area contributed by atoms with E-state index in [2.05, 4.69) is 0 Å². The fourth-order valence-electron chi connectivity index (χ4n) is 1.35. The molecule has 0 heterocycles. The Morgan fingerprint density at radius 2 is 2.11 bits per heavy atom. The van der Waals surface area contributed by atoms with Gasteiger partial charge in [0.1, 0.15) is 10.7 Å². The van der Waals surface area contributed by atoms with Crippen molar-refractivity contribution in [1.82, 2.24) is 4.90 Å². The van der Waals surface area contributed by atoms with Gasteiger partial charge in [0.15, 0.2) is 6.10 Å². The van der Waals surface area contributed by atoms with Gasteiger partial charge in [0.25, 0.3) is 5.91 Å². The van der Waals surface area contributed by atoms with Crippen molar-refractivity contribution in [1.29, 1.82) is 0 Å². The number of thiocarbonyl (C=S) groups is 1. The lowest BCUT2D eigenvalue weighted by molar-refractivity contribution is -0.135. The zero-order valence-corrected chi connectivity index (χ0v) is 12.0. The monoisotopic (exact) mass is 286 g/mol. The van der Waals surface area contributed by atoms with E-state index in [1.807, 2.05) is 0 Å². The molecule has 0 radical (unpaired) electrons. The number of carbonyl (C=O) groups excluding carboxylic acids is 1. The second-order valence-electron chi connectivity index (χ2n) is 4.00. The van der Waals surface area contributed by atoms with Crippen LogP contribution in [0.25, 0.3) is 0 Å². The molecule has 98 valence electrons. The topological polar surface area (TPSA) is 55.6 Å². The number of halogens is 1. The summed E-state index contributed by atoms with van der Waals surface area (Å²) in [4.78, 5) is 13.4. The predicted molar refractivity (Wildman–Crippen MR) is 76.1 cm³/mol. The molecule has 1 aromatic carbocycles. The highest BCUT2D eigenvalue weighted by Crippen LogP contribution is 2.26. The van der Waals surface area contributed by atoms with Crippen LogP contribution in [0.15, 0.2) is 18.2 Å². The second kappa shape index (κ2) is 6.02. The Morgan fingerprint density at radius 1 is 1.50 bits per heavy atom. The molecule has 0 aliphatic rings. The Kier molecular flexibility index (Phi) is 4.93. The molecule has 2 N–H and O–H groups in total. The third kappa shape index (κ3) is 3.58. The Hall–Kier alpha value is -1.33. The van der Waals surface area contributed by atoms with Crippen LogP contribution >= 0.6 is 23.8 Å². The molecule has 1 amide bonds. The molecule has 1 aromatic rings. The minimum atomic E-state index is -0.604. The molecule has 0 saturated heterocycles. The van der Waals surface area contributed by atoms with Gasteiger partial charge >= 0.3 is 0 Å². The molecule has 1 rings (SSSR count). The maximum atomic E-state index is 11.7. The Bertz CT molecular complexity index is 477.